The number of ether oxygens (including phenoxy) is 3. The molecular formula is C26H38O5Si. The van der Waals surface area contributed by atoms with Crippen molar-refractivity contribution in [3.63, 3.8) is 0 Å². The summed E-state index contributed by atoms with van der Waals surface area (Å²) in [5, 5.41) is 2.40. The zero-order chi connectivity index (χ0) is 23.5. The van der Waals surface area contributed by atoms with Crippen molar-refractivity contribution in [2.75, 3.05) is 27.6 Å². The summed E-state index contributed by atoms with van der Waals surface area (Å²) in [6.07, 6.45) is 2.71. The van der Waals surface area contributed by atoms with Gasteiger partial charge in [-0.15, -0.1) is 0 Å². The zero-order valence-electron chi connectivity index (χ0n) is 20.1. The summed E-state index contributed by atoms with van der Waals surface area (Å²) < 4.78 is 22.9. The van der Waals surface area contributed by atoms with E-state index in [1.54, 1.807) is 7.11 Å². The van der Waals surface area contributed by atoms with Gasteiger partial charge in [0.1, 0.15) is 6.79 Å². The highest BCUT2D eigenvalue weighted by Crippen LogP contribution is 2.37. The number of carbonyl (C=O) groups is 1. The van der Waals surface area contributed by atoms with Crippen molar-refractivity contribution in [3.8, 4) is 0 Å². The highest BCUT2D eigenvalue weighted by molar-refractivity contribution is 6.99. The molecule has 0 heterocycles. The van der Waals surface area contributed by atoms with Crippen molar-refractivity contribution >= 4 is 24.7 Å². The average Bonchev–Trinajstić information content (AvgIpc) is 2.80. The number of unbranched alkanes of at least 4 members (excludes halogenated alkanes) is 1. The molecule has 0 radical (unpaired) electrons. The van der Waals surface area contributed by atoms with Crippen LogP contribution in [0, 0.1) is 0 Å². The number of hydrogen-bond acceptors (Lipinski definition) is 5. The van der Waals surface area contributed by atoms with Gasteiger partial charge in [0.25, 0.3) is 8.32 Å². The number of esters is 1. The monoisotopic (exact) mass is 458 g/mol. The number of rotatable bonds is 13. The molecule has 0 aromatic heterocycles. The molecule has 0 saturated carbocycles. The summed E-state index contributed by atoms with van der Waals surface area (Å²) in [7, 11) is 0.426. The molecule has 0 bridgehead atoms. The van der Waals surface area contributed by atoms with Crippen molar-refractivity contribution < 1.29 is 23.4 Å². The van der Waals surface area contributed by atoms with E-state index in [0.717, 1.165) is 19.3 Å². The van der Waals surface area contributed by atoms with E-state index in [2.05, 4.69) is 69.3 Å². The molecule has 0 aliphatic rings. The minimum Gasteiger partial charge on any atom is -0.469 e. The van der Waals surface area contributed by atoms with E-state index in [4.69, 9.17) is 18.6 Å². The smallest absolute Gasteiger partial charge is 0.305 e. The van der Waals surface area contributed by atoms with Crippen LogP contribution in [0.15, 0.2) is 60.7 Å². The summed E-state index contributed by atoms with van der Waals surface area (Å²) in [6.45, 7) is 7.47. The fourth-order valence-corrected chi connectivity index (χ4v) is 8.69. The Morgan fingerprint density at radius 2 is 1.47 bits per heavy atom. The van der Waals surface area contributed by atoms with Crippen LogP contribution in [0.3, 0.4) is 0 Å². The molecular weight excluding hydrogens is 420 g/mol. The second-order valence-electron chi connectivity index (χ2n) is 8.99. The van der Waals surface area contributed by atoms with Gasteiger partial charge in [-0.25, -0.2) is 0 Å². The Kier molecular flexibility index (Phi) is 10.6. The predicted octanol–water partition coefficient (Wildman–Crippen LogP) is 4.29. The van der Waals surface area contributed by atoms with Gasteiger partial charge in [0.15, 0.2) is 0 Å². The van der Waals surface area contributed by atoms with Crippen LogP contribution in [0.1, 0.15) is 46.5 Å². The molecule has 2 aromatic carbocycles. The number of methoxy groups -OCH3 is 2. The van der Waals surface area contributed by atoms with E-state index in [9.17, 15) is 4.79 Å². The van der Waals surface area contributed by atoms with E-state index in [0.29, 0.717) is 13.0 Å². The minimum atomic E-state index is -2.62. The van der Waals surface area contributed by atoms with E-state index in [-0.39, 0.29) is 23.9 Å². The molecule has 2 aromatic rings. The van der Waals surface area contributed by atoms with Gasteiger partial charge in [-0.3, -0.25) is 4.79 Å². The molecule has 32 heavy (non-hydrogen) atoms. The maximum Gasteiger partial charge on any atom is 0.305 e. The molecule has 0 saturated heterocycles. The molecule has 0 aliphatic carbocycles. The molecule has 176 valence electrons. The predicted molar refractivity (Wildman–Crippen MR) is 131 cm³/mol. The van der Waals surface area contributed by atoms with Gasteiger partial charge in [-0.2, -0.15) is 0 Å². The van der Waals surface area contributed by atoms with Gasteiger partial charge < -0.3 is 18.6 Å². The average molecular weight is 459 g/mol. The minimum absolute atomic E-state index is 0.0909. The normalized spacial score (nSPS) is 13.0. The van der Waals surface area contributed by atoms with E-state index < -0.39 is 8.32 Å². The van der Waals surface area contributed by atoms with Gasteiger partial charge in [0, 0.05) is 13.5 Å². The lowest BCUT2D eigenvalue weighted by Crippen LogP contribution is -2.67. The second-order valence-corrected chi connectivity index (χ2v) is 13.3. The van der Waals surface area contributed by atoms with Crippen LogP contribution < -0.4 is 10.4 Å². The Morgan fingerprint density at radius 3 is 1.94 bits per heavy atom. The van der Waals surface area contributed by atoms with Crippen LogP contribution in [-0.2, 0) is 23.4 Å². The largest absolute Gasteiger partial charge is 0.469 e. The van der Waals surface area contributed by atoms with Crippen LogP contribution in [0.5, 0.6) is 0 Å². The third-order valence-electron chi connectivity index (χ3n) is 5.71. The first-order valence-electron chi connectivity index (χ1n) is 11.3. The summed E-state index contributed by atoms with van der Waals surface area (Å²) >= 11 is 0. The van der Waals surface area contributed by atoms with Crippen LogP contribution in [0.4, 0.5) is 0 Å². The third kappa shape index (κ3) is 7.00. The van der Waals surface area contributed by atoms with Crippen LogP contribution >= 0.6 is 0 Å². The zero-order valence-corrected chi connectivity index (χ0v) is 21.1. The fraction of sp³-hybridized carbons (Fsp3) is 0.500. The molecule has 0 amide bonds. The van der Waals surface area contributed by atoms with Crippen molar-refractivity contribution in [3.05, 3.63) is 60.7 Å². The number of carbonyl (C=O) groups excluding carboxylic acids is 1. The Labute approximate surface area is 194 Å². The Hall–Kier alpha value is -1.99. The van der Waals surface area contributed by atoms with Gasteiger partial charge >= 0.3 is 5.97 Å². The first-order valence-corrected chi connectivity index (χ1v) is 13.2. The third-order valence-corrected chi connectivity index (χ3v) is 10.7. The number of hydrogen-bond donors (Lipinski definition) is 0. The second kappa shape index (κ2) is 12.9. The lowest BCUT2D eigenvalue weighted by Gasteiger charge is -2.43. The molecule has 6 heteroatoms. The van der Waals surface area contributed by atoms with E-state index in [1.807, 2.05) is 12.1 Å². The highest BCUT2D eigenvalue weighted by atomic mass is 28.4. The van der Waals surface area contributed by atoms with Gasteiger partial charge in [-0.05, 0) is 28.3 Å². The molecule has 0 spiro atoms. The molecule has 0 fully saturated rings. The topological polar surface area (TPSA) is 54.0 Å². The van der Waals surface area contributed by atoms with Crippen molar-refractivity contribution in [1.82, 2.24) is 0 Å². The Bertz CT molecular complexity index is 749. The van der Waals surface area contributed by atoms with Gasteiger partial charge in [0.05, 0.1) is 19.8 Å². The molecule has 0 N–H and O–H groups in total. The molecule has 0 unspecified atom stereocenters. The number of benzene rings is 2. The van der Waals surface area contributed by atoms with E-state index in [1.165, 1.54) is 17.5 Å². The lowest BCUT2D eigenvalue weighted by molar-refractivity contribution is -0.140. The molecule has 0 aliphatic heterocycles. The molecule has 2 rings (SSSR count). The Balaban J connectivity index is 2.28. The fourth-order valence-electron chi connectivity index (χ4n) is 4.10. The maximum absolute atomic E-state index is 11.4. The van der Waals surface area contributed by atoms with Gasteiger partial charge in [-0.1, -0.05) is 87.9 Å². The first kappa shape index (κ1) is 26.3. The lowest BCUT2D eigenvalue weighted by atomic mass is 10.1. The quantitative estimate of drug-likeness (QED) is 0.194. The van der Waals surface area contributed by atoms with Crippen LogP contribution in [0.2, 0.25) is 5.04 Å². The summed E-state index contributed by atoms with van der Waals surface area (Å²) in [5.74, 6) is -0.178. The summed E-state index contributed by atoms with van der Waals surface area (Å²) in [4.78, 5) is 11.4. The summed E-state index contributed by atoms with van der Waals surface area (Å²) in [5.41, 5.74) is 0. The highest BCUT2D eigenvalue weighted by Gasteiger charge is 2.50. The molecule has 5 nitrogen and oxygen atoms in total. The Morgan fingerprint density at radius 1 is 0.906 bits per heavy atom. The first-order chi connectivity index (χ1) is 15.3. The van der Waals surface area contributed by atoms with E-state index >= 15 is 0 Å². The standard InChI is InChI=1S/C26H38O5Si/c1-26(2,3)32(23-15-8-6-9-16-23,24-17-10-7-11-18-24)31-20-22(30-21-28-4)14-12-13-19-25(27)29-5/h6-11,15-18,22H,12-14,19-21H2,1-5H3/t22-/m1/s1. The van der Waals surface area contributed by atoms with Crippen LogP contribution in [0.25, 0.3) is 0 Å². The summed E-state index contributed by atoms with van der Waals surface area (Å²) in [6, 6.07) is 21.2. The molecule has 1 atom stereocenters. The van der Waals surface area contributed by atoms with Crippen molar-refractivity contribution in [2.24, 2.45) is 0 Å². The maximum atomic E-state index is 11.4. The van der Waals surface area contributed by atoms with Crippen molar-refractivity contribution in [2.45, 2.75) is 57.6 Å². The van der Waals surface area contributed by atoms with Crippen LogP contribution in [-0.4, -0.2) is 48.0 Å². The van der Waals surface area contributed by atoms with Crippen molar-refractivity contribution in [1.29, 1.82) is 0 Å². The van der Waals surface area contributed by atoms with Gasteiger partial charge in [0.2, 0.25) is 0 Å². The SMILES string of the molecule is COCO[C@H](CCCCC(=O)OC)CO[Si](c1ccccc1)(c1ccccc1)C(C)(C)C.